The largest absolute Gasteiger partial charge is 0.386 e. The number of aliphatic hydroxyl groups is 1. The van der Waals surface area contributed by atoms with Crippen LogP contribution in [0.4, 0.5) is 4.39 Å². The highest BCUT2D eigenvalue weighted by atomic mass is 32.1. The Morgan fingerprint density at radius 1 is 1.41 bits per heavy atom. The van der Waals surface area contributed by atoms with Crippen LogP contribution >= 0.6 is 11.3 Å². The van der Waals surface area contributed by atoms with Crippen molar-refractivity contribution >= 4 is 11.3 Å². The molecule has 17 heavy (non-hydrogen) atoms. The van der Waals surface area contributed by atoms with Crippen LogP contribution in [0.2, 0.25) is 0 Å². The van der Waals surface area contributed by atoms with E-state index in [1.165, 1.54) is 23.5 Å². The monoisotopic (exact) mass is 251 g/mol. The van der Waals surface area contributed by atoms with Crippen molar-refractivity contribution in [3.8, 4) is 0 Å². The molecule has 0 amide bonds. The molecule has 1 aromatic carbocycles. The molecule has 0 radical (unpaired) electrons. The molecule has 1 heterocycles. The minimum absolute atomic E-state index is 0.271. The molecule has 1 unspecified atom stereocenters. The lowest BCUT2D eigenvalue weighted by atomic mass is 10.0. The van der Waals surface area contributed by atoms with Crippen molar-refractivity contribution in [1.29, 1.82) is 0 Å². The molecule has 0 spiro atoms. The Hall–Kier alpha value is -1.26. The molecule has 1 N–H and O–H groups in total. The van der Waals surface area contributed by atoms with Gasteiger partial charge in [-0.2, -0.15) is 0 Å². The van der Waals surface area contributed by atoms with Crippen molar-refractivity contribution in [1.82, 2.24) is 4.98 Å². The van der Waals surface area contributed by atoms with E-state index in [9.17, 15) is 9.50 Å². The van der Waals surface area contributed by atoms with Gasteiger partial charge in [0.1, 0.15) is 11.9 Å². The maximum atomic E-state index is 13.1. The number of aromatic nitrogens is 1. The van der Waals surface area contributed by atoms with Crippen LogP contribution in [0.25, 0.3) is 0 Å². The number of aryl methyl sites for hydroxylation is 2. The van der Waals surface area contributed by atoms with Crippen LogP contribution in [0.3, 0.4) is 0 Å². The molecular weight excluding hydrogens is 237 g/mol. The molecule has 0 saturated heterocycles. The number of rotatable bonds is 3. The zero-order valence-electron chi connectivity index (χ0n) is 9.77. The molecule has 90 valence electrons. The van der Waals surface area contributed by atoms with Gasteiger partial charge in [0.25, 0.3) is 0 Å². The minimum Gasteiger partial charge on any atom is -0.386 e. The van der Waals surface area contributed by atoms with E-state index in [0.717, 1.165) is 16.1 Å². The maximum Gasteiger partial charge on any atom is 0.123 e. The Kier molecular flexibility index (Phi) is 3.54. The number of hydrogen-bond acceptors (Lipinski definition) is 3. The van der Waals surface area contributed by atoms with Crippen LogP contribution in [0.1, 0.15) is 27.9 Å². The fraction of sp³-hybridized carbons (Fsp3) is 0.308. The third-order valence-electron chi connectivity index (χ3n) is 2.70. The van der Waals surface area contributed by atoms with Crippen molar-refractivity contribution in [2.24, 2.45) is 0 Å². The van der Waals surface area contributed by atoms with Crippen LogP contribution in [0, 0.1) is 19.7 Å². The average Bonchev–Trinajstić information content (AvgIpc) is 2.70. The van der Waals surface area contributed by atoms with E-state index in [0.29, 0.717) is 12.1 Å². The third-order valence-corrected chi connectivity index (χ3v) is 3.49. The Morgan fingerprint density at radius 3 is 2.82 bits per heavy atom. The number of halogens is 1. The molecule has 2 aromatic rings. The molecule has 0 aliphatic carbocycles. The van der Waals surface area contributed by atoms with Crippen molar-refractivity contribution in [2.45, 2.75) is 26.4 Å². The predicted octanol–water partition coefficient (Wildman–Crippen LogP) is 3.18. The Bertz CT molecular complexity index is 524. The van der Waals surface area contributed by atoms with E-state index in [1.54, 1.807) is 6.07 Å². The lowest BCUT2D eigenvalue weighted by molar-refractivity contribution is 0.174. The molecule has 1 atom stereocenters. The molecular formula is C13H14FNOS. The SMILES string of the molecule is Cc1nc(C(O)Cc2cc(F)ccc2C)cs1. The molecule has 0 saturated carbocycles. The van der Waals surface area contributed by atoms with Crippen molar-refractivity contribution in [3.63, 3.8) is 0 Å². The van der Waals surface area contributed by atoms with E-state index in [4.69, 9.17) is 0 Å². The summed E-state index contributed by atoms with van der Waals surface area (Å²) in [6, 6.07) is 4.62. The van der Waals surface area contributed by atoms with Gasteiger partial charge in [-0.05, 0) is 37.1 Å². The summed E-state index contributed by atoms with van der Waals surface area (Å²) in [5.41, 5.74) is 2.47. The molecule has 0 bridgehead atoms. The first-order valence-electron chi connectivity index (χ1n) is 5.41. The van der Waals surface area contributed by atoms with Gasteiger partial charge in [-0.15, -0.1) is 11.3 Å². The first-order valence-corrected chi connectivity index (χ1v) is 6.29. The minimum atomic E-state index is -0.666. The Labute approximate surface area is 104 Å². The first-order chi connectivity index (χ1) is 8.06. The lowest BCUT2D eigenvalue weighted by Crippen LogP contribution is -2.04. The molecule has 4 heteroatoms. The van der Waals surface area contributed by atoms with Crippen LogP contribution in [-0.2, 0) is 6.42 Å². The molecule has 0 aliphatic heterocycles. The summed E-state index contributed by atoms with van der Waals surface area (Å²) < 4.78 is 13.1. The highest BCUT2D eigenvalue weighted by Crippen LogP contribution is 2.22. The third kappa shape index (κ3) is 2.90. The van der Waals surface area contributed by atoms with Crippen LogP contribution in [-0.4, -0.2) is 10.1 Å². The maximum absolute atomic E-state index is 13.1. The molecule has 0 aliphatic rings. The summed E-state index contributed by atoms with van der Waals surface area (Å²) in [5.74, 6) is -0.271. The summed E-state index contributed by atoms with van der Waals surface area (Å²) in [6.45, 7) is 3.81. The van der Waals surface area contributed by atoms with E-state index in [2.05, 4.69) is 4.98 Å². The summed E-state index contributed by atoms with van der Waals surface area (Å²) >= 11 is 1.51. The smallest absolute Gasteiger partial charge is 0.123 e. The van der Waals surface area contributed by atoms with Gasteiger partial charge in [-0.3, -0.25) is 0 Å². The number of aliphatic hydroxyl groups excluding tert-OH is 1. The quantitative estimate of drug-likeness (QED) is 0.909. The molecule has 2 rings (SSSR count). The van der Waals surface area contributed by atoms with E-state index < -0.39 is 6.10 Å². The summed E-state index contributed by atoms with van der Waals surface area (Å²) in [4.78, 5) is 4.23. The Morgan fingerprint density at radius 2 is 2.18 bits per heavy atom. The second-order valence-electron chi connectivity index (χ2n) is 4.08. The van der Waals surface area contributed by atoms with Gasteiger partial charge >= 0.3 is 0 Å². The van der Waals surface area contributed by atoms with Gasteiger partial charge in [-0.25, -0.2) is 9.37 Å². The molecule has 0 fully saturated rings. The van der Waals surface area contributed by atoms with E-state index in [-0.39, 0.29) is 5.82 Å². The lowest BCUT2D eigenvalue weighted by Gasteiger charge is -2.10. The Balaban J connectivity index is 2.18. The molecule has 1 aromatic heterocycles. The second kappa shape index (κ2) is 4.94. The summed E-state index contributed by atoms with van der Waals surface area (Å²) in [7, 11) is 0. The van der Waals surface area contributed by atoms with Crippen LogP contribution in [0.15, 0.2) is 23.6 Å². The van der Waals surface area contributed by atoms with Gasteiger partial charge in [0, 0.05) is 11.8 Å². The zero-order chi connectivity index (χ0) is 12.4. The summed E-state index contributed by atoms with van der Waals surface area (Å²) in [5, 5.41) is 12.8. The normalized spacial score (nSPS) is 12.7. The summed E-state index contributed by atoms with van der Waals surface area (Å²) in [6.07, 6.45) is -0.271. The highest BCUT2D eigenvalue weighted by Gasteiger charge is 2.13. The first kappa shape index (κ1) is 12.2. The van der Waals surface area contributed by atoms with Gasteiger partial charge in [0.15, 0.2) is 0 Å². The van der Waals surface area contributed by atoms with E-state index >= 15 is 0 Å². The van der Waals surface area contributed by atoms with Crippen molar-refractivity contribution < 1.29 is 9.50 Å². The van der Waals surface area contributed by atoms with Crippen molar-refractivity contribution in [2.75, 3.05) is 0 Å². The van der Waals surface area contributed by atoms with E-state index in [1.807, 2.05) is 19.2 Å². The number of hydrogen-bond donors (Lipinski definition) is 1. The van der Waals surface area contributed by atoms with Gasteiger partial charge in [0.2, 0.25) is 0 Å². The van der Waals surface area contributed by atoms with Crippen LogP contribution < -0.4 is 0 Å². The molecule has 2 nitrogen and oxygen atoms in total. The topological polar surface area (TPSA) is 33.1 Å². The fourth-order valence-electron chi connectivity index (χ4n) is 1.71. The zero-order valence-corrected chi connectivity index (χ0v) is 10.6. The van der Waals surface area contributed by atoms with Crippen molar-refractivity contribution in [3.05, 3.63) is 51.2 Å². The van der Waals surface area contributed by atoms with Gasteiger partial charge in [0.05, 0.1) is 10.7 Å². The number of nitrogens with zero attached hydrogens (tertiary/aromatic N) is 1. The average molecular weight is 251 g/mol. The standard InChI is InChI=1S/C13H14FNOS/c1-8-3-4-11(14)5-10(8)6-13(16)12-7-17-9(2)15-12/h3-5,7,13,16H,6H2,1-2H3. The predicted molar refractivity (Wildman–Crippen MR) is 66.7 cm³/mol. The van der Waals surface area contributed by atoms with Gasteiger partial charge < -0.3 is 5.11 Å². The fourth-order valence-corrected chi connectivity index (χ4v) is 2.37. The van der Waals surface area contributed by atoms with Gasteiger partial charge in [-0.1, -0.05) is 6.07 Å². The number of benzene rings is 1. The number of thiazole rings is 1. The van der Waals surface area contributed by atoms with Crippen LogP contribution in [0.5, 0.6) is 0 Å². The second-order valence-corrected chi connectivity index (χ2v) is 5.14. The highest BCUT2D eigenvalue weighted by molar-refractivity contribution is 7.09.